The topological polar surface area (TPSA) is 83.9 Å². The van der Waals surface area contributed by atoms with Crippen LogP contribution in [0.4, 0.5) is 0 Å². The lowest BCUT2D eigenvalue weighted by atomic mass is 9.97. The third-order valence-corrected chi connectivity index (χ3v) is 5.74. The Morgan fingerprint density at radius 3 is 2.70 bits per heavy atom. The summed E-state index contributed by atoms with van der Waals surface area (Å²) in [5, 5.41) is 4.90. The van der Waals surface area contributed by atoms with Gasteiger partial charge in [-0.05, 0) is 43.5 Å². The fourth-order valence-corrected chi connectivity index (χ4v) is 4.23. The van der Waals surface area contributed by atoms with Gasteiger partial charge in [-0.15, -0.1) is 12.4 Å². The van der Waals surface area contributed by atoms with Crippen molar-refractivity contribution in [2.24, 2.45) is 5.73 Å². The molecule has 4 rings (SSSR count). The predicted octanol–water partition coefficient (Wildman–Crippen LogP) is 4.07. The summed E-state index contributed by atoms with van der Waals surface area (Å²) in [5.41, 5.74) is 14.1. The molecule has 0 spiro atoms. The highest BCUT2D eigenvalue weighted by Gasteiger charge is 2.32. The minimum atomic E-state index is -0.520. The Labute approximate surface area is 182 Å². The van der Waals surface area contributed by atoms with Crippen molar-refractivity contribution in [3.63, 3.8) is 0 Å². The van der Waals surface area contributed by atoms with Gasteiger partial charge in [-0.1, -0.05) is 13.0 Å². The van der Waals surface area contributed by atoms with Gasteiger partial charge in [0.25, 0.3) is 0 Å². The van der Waals surface area contributed by atoms with Crippen molar-refractivity contribution in [2.75, 3.05) is 20.8 Å². The van der Waals surface area contributed by atoms with Crippen LogP contribution < -0.4 is 10.5 Å². The maximum Gasteiger partial charge on any atom is 0.163 e. The number of methoxy groups -OCH3 is 2. The van der Waals surface area contributed by atoms with Gasteiger partial charge in [0.05, 0.1) is 37.4 Å². The van der Waals surface area contributed by atoms with Crippen LogP contribution in [0.15, 0.2) is 18.2 Å². The highest BCUT2D eigenvalue weighted by atomic mass is 35.5. The number of fused-ring (bicyclic) bond motifs is 2. The summed E-state index contributed by atoms with van der Waals surface area (Å²) in [5.74, 6) is 1.01. The average Bonchev–Trinajstić information content (AvgIpc) is 3.24. The average molecular weight is 433 g/mol. The maximum absolute atomic E-state index is 6.22. The van der Waals surface area contributed by atoms with Gasteiger partial charge in [-0.25, -0.2) is 9.50 Å². The minimum absolute atomic E-state index is 0. The summed E-state index contributed by atoms with van der Waals surface area (Å²) in [7, 11) is 3.40. The first-order valence-electron chi connectivity index (χ1n) is 9.93. The van der Waals surface area contributed by atoms with Gasteiger partial charge >= 0.3 is 0 Å². The molecule has 0 fully saturated rings. The second kappa shape index (κ2) is 8.89. The molecule has 0 radical (unpaired) electrons. The van der Waals surface area contributed by atoms with Crippen molar-refractivity contribution in [3.05, 3.63) is 46.4 Å². The Morgan fingerprint density at radius 2 is 2.07 bits per heavy atom. The Balaban J connectivity index is 0.00000256. The van der Waals surface area contributed by atoms with Crippen molar-refractivity contribution in [3.8, 4) is 16.9 Å². The summed E-state index contributed by atoms with van der Waals surface area (Å²) in [4.78, 5) is 4.93. The Kier molecular flexibility index (Phi) is 6.67. The van der Waals surface area contributed by atoms with E-state index < -0.39 is 6.23 Å². The molecule has 3 aromatic rings. The van der Waals surface area contributed by atoms with Gasteiger partial charge in [0.15, 0.2) is 5.65 Å². The smallest absolute Gasteiger partial charge is 0.163 e. The Hall–Kier alpha value is -2.19. The van der Waals surface area contributed by atoms with Crippen molar-refractivity contribution in [2.45, 2.75) is 45.9 Å². The van der Waals surface area contributed by atoms with Crippen LogP contribution in [-0.2, 0) is 16.1 Å². The minimum Gasteiger partial charge on any atom is -0.497 e. The standard InChI is InChI=1S/C22H28N4O3.ClH/c1-6-14(10-27-4)20-17-11-29-21(23)19(17)24-22-18(13(3)25-26(20)22)16-8-7-15(28-5)9-12(16)2;/h7-9,14,21H,6,10-11,23H2,1-5H3;1H/t14-,21?;/m0./s1. The normalized spacial score (nSPS) is 16.4. The van der Waals surface area contributed by atoms with Gasteiger partial charge in [0.1, 0.15) is 12.0 Å². The Morgan fingerprint density at radius 1 is 1.30 bits per heavy atom. The first kappa shape index (κ1) is 22.5. The SMILES string of the molecule is CC[C@@H](COC)c1c2c(nc3c(-c4ccc(OC)cc4C)c(C)nn13)C(N)OC2.Cl. The van der Waals surface area contributed by atoms with Gasteiger partial charge in [-0.2, -0.15) is 5.10 Å². The van der Waals surface area contributed by atoms with E-state index in [1.807, 2.05) is 23.6 Å². The lowest BCUT2D eigenvalue weighted by Crippen LogP contribution is -2.17. The van der Waals surface area contributed by atoms with E-state index in [0.717, 1.165) is 57.2 Å². The van der Waals surface area contributed by atoms with E-state index >= 15 is 0 Å². The first-order chi connectivity index (χ1) is 14.0. The molecule has 1 aliphatic heterocycles. The van der Waals surface area contributed by atoms with E-state index in [1.54, 1.807) is 14.2 Å². The van der Waals surface area contributed by atoms with Crippen LogP contribution in [0, 0.1) is 13.8 Å². The highest BCUT2D eigenvalue weighted by molar-refractivity contribution is 5.85. The van der Waals surface area contributed by atoms with Crippen molar-refractivity contribution in [1.29, 1.82) is 0 Å². The quantitative estimate of drug-likeness (QED) is 0.632. The number of rotatable bonds is 6. The first-order valence-corrected chi connectivity index (χ1v) is 9.93. The van der Waals surface area contributed by atoms with Crippen molar-refractivity contribution in [1.82, 2.24) is 14.6 Å². The number of aromatic nitrogens is 3. The number of ether oxygens (including phenoxy) is 3. The Bertz CT molecular complexity index is 1070. The molecule has 0 aliphatic carbocycles. The number of hydrogen-bond donors (Lipinski definition) is 1. The molecule has 7 nitrogen and oxygen atoms in total. The molecule has 1 aliphatic rings. The second-order valence-corrected chi connectivity index (χ2v) is 7.53. The molecular weight excluding hydrogens is 404 g/mol. The summed E-state index contributed by atoms with van der Waals surface area (Å²) in [6, 6.07) is 6.06. The molecule has 0 bridgehead atoms. The molecule has 2 aromatic heterocycles. The van der Waals surface area contributed by atoms with Crippen LogP contribution in [0.2, 0.25) is 0 Å². The molecule has 162 valence electrons. The van der Waals surface area contributed by atoms with E-state index in [1.165, 1.54) is 0 Å². The van der Waals surface area contributed by atoms with Crippen LogP contribution >= 0.6 is 12.4 Å². The summed E-state index contributed by atoms with van der Waals surface area (Å²) in [6.07, 6.45) is 0.401. The molecule has 0 amide bonds. The molecule has 30 heavy (non-hydrogen) atoms. The largest absolute Gasteiger partial charge is 0.497 e. The lowest BCUT2D eigenvalue weighted by Gasteiger charge is -2.19. The third-order valence-electron chi connectivity index (χ3n) is 5.74. The van der Waals surface area contributed by atoms with Crippen molar-refractivity contribution >= 4 is 18.1 Å². The molecule has 8 heteroatoms. The lowest BCUT2D eigenvalue weighted by molar-refractivity contribution is 0.0689. The van der Waals surface area contributed by atoms with Gasteiger partial charge in [0, 0.05) is 24.2 Å². The highest BCUT2D eigenvalue weighted by Crippen LogP contribution is 2.38. The van der Waals surface area contributed by atoms with E-state index in [9.17, 15) is 0 Å². The van der Waals surface area contributed by atoms with E-state index in [4.69, 9.17) is 30.0 Å². The summed E-state index contributed by atoms with van der Waals surface area (Å²) >= 11 is 0. The molecule has 2 atom stereocenters. The van der Waals surface area contributed by atoms with Crippen molar-refractivity contribution < 1.29 is 14.2 Å². The number of benzene rings is 1. The predicted molar refractivity (Wildman–Crippen MR) is 118 cm³/mol. The number of aryl methyl sites for hydroxylation is 2. The molecule has 1 unspecified atom stereocenters. The fraction of sp³-hybridized carbons (Fsp3) is 0.455. The van der Waals surface area contributed by atoms with Crippen LogP contribution in [0.3, 0.4) is 0 Å². The van der Waals surface area contributed by atoms with Crippen LogP contribution in [0.5, 0.6) is 5.75 Å². The third kappa shape index (κ3) is 3.56. The van der Waals surface area contributed by atoms with Gasteiger partial charge < -0.3 is 19.9 Å². The van der Waals surface area contributed by atoms with Crippen LogP contribution in [0.25, 0.3) is 16.8 Å². The van der Waals surface area contributed by atoms with E-state index in [-0.39, 0.29) is 18.3 Å². The van der Waals surface area contributed by atoms with Crippen LogP contribution in [0.1, 0.15) is 53.7 Å². The zero-order chi connectivity index (χ0) is 20.7. The molecule has 0 saturated carbocycles. The second-order valence-electron chi connectivity index (χ2n) is 7.53. The monoisotopic (exact) mass is 432 g/mol. The number of nitrogens with two attached hydrogens (primary N) is 1. The maximum atomic E-state index is 6.22. The summed E-state index contributed by atoms with van der Waals surface area (Å²) < 4.78 is 18.6. The molecule has 3 heterocycles. The van der Waals surface area contributed by atoms with Gasteiger partial charge in [0.2, 0.25) is 0 Å². The van der Waals surface area contributed by atoms with E-state index in [2.05, 4.69) is 19.9 Å². The molecular formula is C22H29ClN4O3. The zero-order valence-corrected chi connectivity index (χ0v) is 18.9. The fourth-order valence-electron chi connectivity index (χ4n) is 4.23. The summed E-state index contributed by atoms with van der Waals surface area (Å²) in [6.45, 7) is 7.31. The van der Waals surface area contributed by atoms with E-state index in [0.29, 0.717) is 13.2 Å². The van der Waals surface area contributed by atoms with Crippen LogP contribution in [-0.4, -0.2) is 35.4 Å². The number of halogens is 1. The zero-order valence-electron chi connectivity index (χ0n) is 18.1. The molecule has 2 N–H and O–H groups in total. The van der Waals surface area contributed by atoms with Gasteiger partial charge in [-0.3, -0.25) is 0 Å². The molecule has 0 saturated heterocycles. The molecule has 1 aromatic carbocycles. The number of nitrogens with zero attached hydrogens (tertiary/aromatic N) is 3. The number of hydrogen-bond acceptors (Lipinski definition) is 6.